The Kier molecular flexibility index (Phi) is 1.44. The van der Waals surface area contributed by atoms with Crippen LogP contribution in [0.3, 0.4) is 0 Å². The van der Waals surface area contributed by atoms with Crippen LogP contribution in [0, 0.1) is 0 Å². The second-order valence-corrected chi connectivity index (χ2v) is 1.39. The molecule has 0 aromatic carbocycles. The first kappa shape index (κ1) is 6.40. The van der Waals surface area contributed by atoms with Crippen LogP contribution in [0.4, 0.5) is 10.8 Å². The maximum Gasteiger partial charge on any atom is 0.513 e. The molecule has 54 valence electrons. The van der Waals surface area contributed by atoms with Gasteiger partial charge in [-0.25, -0.2) is 4.79 Å². The highest BCUT2D eigenvalue weighted by Gasteiger charge is 2.04. The number of ether oxygens (including phenoxy) is 1. The Morgan fingerprint density at radius 3 is 3.00 bits per heavy atom. The van der Waals surface area contributed by atoms with E-state index in [2.05, 4.69) is 14.1 Å². The first-order chi connectivity index (χ1) is 4.68. The van der Waals surface area contributed by atoms with E-state index in [4.69, 9.17) is 10.8 Å². The summed E-state index contributed by atoms with van der Waals surface area (Å²) in [5, 5.41) is 8.03. The predicted octanol–water partition coefficient (Wildman–Crippen LogP) is 0.314. The van der Waals surface area contributed by atoms with Crippen LogP contribution < -0.4 is 10.5 Å². The topological polar surface area (TPSA) is 98.6 Å². The monoisotopic (exact) mass is 144 g/mol. The predicted molar refractivity (Wildman–Crippen MR) is 29.6 cm³/mol. The van der Waals surface area contributed by atoms with E-state index in [1.807, 2.05) is 0 Å². The number of carboxylic acid groups (broad SMARTS) is 1. The third-order valence-electron chi connectivity index (χ3n) is 0.690. The van der Waals surface area contributed by atoms with Crippen LogP contribution in [-0.2, 0) is 0 Å². The summed E-state index contributed by atoms with van der Waals surface area (Å²) < 4.78 is 8.50. The minimum Gasteiger partial charge on any atom is -0.449 e. The molecule has 0 saturated carbocycles. The fourth-order valence-electron chi connectivity index (χ4n) is 0.405. The van der Waals surface area contributed by atoms with Gasteiger partial charge < -0.3 is 20.0 Å². The molecule has 0 spiro atoms. The molecule has 6 nitrogen and oxygen atoms in total. The van der Waals surface area contributed by atoms with E-state index >= 15 is 0 Å². The van der Waals surface area contributed by atoms with Gasteiger partial charge in [-0.2, -0.15) is 4.98 Å². The van der Waals surface area contributed by atoms with Crippen molar-refractivity contribution in [2.45, 2.75) is 0 Å². The van der Waals surface area contributed by atoms with E-state index in [1.54, 1.807) is 0 Å². The number of anilines is 1. The number of aromatic nitrogens is 1. The summed E-state index contributed by atoms with van der Waals surface area (Å²) in [6, 6.07) is -0.128. The highest BCUT2D eigenvalue weighted by Crippen LogP contribution is 2.12. The van der Waals surface area contributed by atoms with Gasteiger partial charge in [0.05, 0.1) is 0 Å². The third kappa shape index (κ3) is 1.38. The van der Waals surface area contributed by atoms with Crippen LogP contribution in [0.2, 0.25) is 0 Å². The molecule has 6 heteroatoms. The van der Waals surface area contributed by atoms with Crippen LogP contribution >= 0.6 is 0 Å². The van der Waals surface area contributed by atoms with Gasteiger partial charge in [-0.3, -0.25) is 0 Å². The number of nitrogen functional groups attached to an aromatic ring is 1. The summed E-state index contributed by atoms with van der Waals surface area (Å²) in [4.78, 5) is 13.2. The summed E-state index contributed by atoms with van der Waals surface area (Å²) in [6.07, 6.45) is -0.389. The largest absolute Gasteiger partial charge is 0.513 e. The van der Waals surface area contributed by atoms with Crippen molar-refractivity contribution in [3.8, 4) is 5.95 Å². The van der Waals surface area contributed by atoms with Crippen LogP contribution in [0.5, 0.6) is 5.95 Å². The van der Waals surface area contributed by atoms with Crippen LogP contribution in [-0.4, -0.2) is 16.2 Å². The first-order valence-corrected chi connectivity index (χ1v) is 2.30. The zero-order valence-corrected chi connectivity index (χ0v) is 4.77. The molecule has 0 aliphatic rings. The van der Waals surface area contributed by atoms with Crippen LogP contribution in [0.25, 0.3) is 0 Å². The molecule has 10 heavy (non-hydrogen) atoms. The first-order valence-electron chi connectivity index (χ1n) is 2.30. The SMILES string of the molecule is Nc1ncc(OC(=O)O)o1. The zero-order chi connectivity index (χ0) is 7.56. The standard InChI is InChI=1S/C4H4N2O4/c5-3-6-1-2(9-3)10-4(7)8/h1H,(H2,5,6)(H,7,8). The lowest BCUT2D eigenvalue weighted by Gasteiger charge is -1.88. The summed E-state index contributed by atoms with van der Waals surface area (Å²) in [6.45, 7) is 0. The molecule has 1 aromatic rings. The lowest BCUT2D eigenvalue weighted by molar-refractivity contribution is 0.133. The highest BCUT2D eigenvalue weighted by atomic mass is 16.7. The van der Waals surface area contributed by atoms with Crippen molar-refractivity contribution in [3.05, 3.63) is 6.20 Å². The van der Waals surface area contributed by atoms with Crippen molar-refractivity contribution < 1.29 is 19.1 Å². The molecular formula is C4H4N2O4. The minimum atomic E-state index is -1.46. The maximum atomic E-state index is 9.83. The molecule has 1 aromatic heterocycles. The molecule has 0 radical (unpaired) electrons. The van der Waals surface area contributed by atoms with Crippen molar-refractivity contribution in [1.82, 2.24) is 4.98 Å². The molecule has 3 N–H and O–H groups in total. The van der Waals surface area contributed by atoms with Crippen LogP contribution in [0.15, 0.2) is 10.6 Å². The molecule has 0 fully saturated rings. The minimum absolute atomic E-state index is 0.128. The van der Waals surface area contributed by atoms with Gasteiger partial charge in [0.15, 0.2) is 0 Å². The van der Waals surface area contributed by atoms with E-state index in [0.29, 0.717) is 0 Å². The Labute approximate surface area is 55.2 Å². The summed E-state index contributed by atoms with van der Waals surface area (Å²) in [7, 11) is 0. The Balaban J connectivity index is 2.67. The second kappa shape index (κ2) is 2.26. The van der Waals surface area contributed by atoms with Crippen LogP contribution in [0.1, 0.15) is 0 Å². The number of nitrogens with two attached hydrogens (primary N) is 1. The Bertz CT molecular complexity index is 243. The van der Waals surface area contributed by atoms with Gasteiger partial charge >= 0.3 is 12.1 Å². The van der Waals surface area contributed by atoms with Crippen molar-refractivity contribution in [2.24, 2.45) is 0 Å². The van der Waals surface area contributed by atoms with Gasteiger partial charge in [0.1, 0.15) is 6.20 Å². The van der Waals surface area contributed by atoms with Crippen molar-refractivity contribution >= 4 is 12.2 Å². The average molecular weight is 144 g/mol. The van der Waals surface area contributed by atoms with Gasteiger partial charge in [0, 0.05) is 0 Å². The average Bonchev–Trinajstić information content (AvgIpc) is 2.13. The van der Waals surface area contributed by atoms with Crippen molar-refractivity contribution in [2.75, 3.05) is 5.73 Å². The fourth-order valence-corrected chi connectivity index (χ4v) is 0.405. The Morgan fingerprint density at radius 1 is 1.90 bits per heavy atom. The highest BCUT2D eigenvalue weighted by molar-refractivity contribution is 5.59. The normalized spacial score (nSPS) is 9.20. The number of oxazole rings is 1. The van der Waals surface area contributed by atoms with E-state index in [-0.39, 0.29) is 12.0 Å². The third-order valence-corrected chi connectivity index (χ3v) is 0.690. The fraction of sp³-hybridized carbons (Fsp3) is 0. The molecule has 1 rings (SSSR count). The lowest BCUT2D eigenvalue weighted by atomic mass is 10.9. The van der Waals surface area contributed by atoms with Crippen molar-refractivity contribution in [1.29, 1.82) is 0 Å². The molecule has 1 heterocycles. The van der Waals surface area contributed by atoms with Gasteiger partial charge in [0.25, 0.3) is 6.01 Å². The lowest BCUT2D eigenvalue weighted by Crippen LogP contribution is -2.01. The molecule has 0 atom stereocenters. The number of carbonyl (C=O) groups is 1. The molecule has 0 unspecified atom stereocenters. The zero-order valence-electron chi connectivity index (χ0n) is 4.77. The number of hydrogen-bond donors (Lipinski definition) is 2. The molecule has 0 aliphatic heterocycles. The van der Waals surface area contributed by atoms with Gasteiger partial charge in [-0.1, -0.05) is 0 Å². The molecule has 0 bridgehead atoms. The van der Waals surface area contributed by atoms with Gasteiger partial charge in [0.2, 0.25) is 0 Å². The summed E-state index contributed by atoms with van der Waals surface area (Å²) >= 11 is 0. The Hall–Kier alpha value is -1.72. The van der Waals surface area contributed by atoms with E-state index in [0.717, 1.165) is 6.20 Å². The molecule has 0 saturated heterocycles. The molecular weight excluding hydrogens is 140 g/mol. The molecule has 0 aliphatic carbocycles. The quantitative estimate of drug-likeness (QED) is 0.550. The summed E-state index contributed by atoms with van der Waals surface area (Å²) in [5.41, 5.74) is 5.00. The van der Waals surface area contributed by atoms with Gasteiger partial charge in [-0.15, -0.1) is 0 Å². The molecule has 0 amide bonds. The van der Waals surface area contributed by atoms with Crippen molar-refractivity contribution in [3.63, 3.8) is 0 Å². The smallest absolute Gasteiger partial charge is 0.449 e. The van der Waals surface area contributed by atoms with E-state index < -0.39 is 6.16 Å². The van der Waals surface area contributed by atoms with Gasteiger partial charge in [-0.05, 0) is 0 Å². The number of nitrogens with zero attached hydrogens (tertiary/aromatic N) is 1. The summed E-state index contributed by atoms with van der Waals surface area (Å²) in [5.74, 6) is -0.231. The number of hydrogen-bond acceptors (Lipinski definition) is 5. The second-order valence-electron chi connectivity index (χ2n) is 1.39. The Morgan fingerprint density at radius 2 is 2.60 bits per heavy atom. The van der Waals surface area contributed by atoms with E-state index in [9.17, 15) is 4.79 Å². The number of rotatable bonds is 1. The van der Waals surface area contributed by atoms with E-state index in [1.165, 1.54) is 0 Å². The maximum absolute atomic E-state index is 9.83.